The van der Waals surface area contributed by atoms with E-state index in [0.29, 0.717) is 5.69 Å². The Morgan fingerprint density at radius 2 is 1.72 bits per heavy atom. The largest absolute Gasteiger partial charge is 0.480 e. The highest BCUT2D eigenvalue weighted by molar-refractivity contribution is 9.10. The lowest BCUT2D eigenvalue weighted by atomic mass is 10.1. The summed E-state index contributed by atoms with van der Waals surface area (Å²) >= 11 is 3.32. The second-order valence-electron chi connectivity index (χ2n) is 5.42. The van der Waals surface area contributed by atoms with Gasteiger partial charge in [0.1, 0.15) is 6.04 Å². The molecule has 6 nitrogen and oxygen atoms in total. The van der Waals surface area contributed by atoms with E-state index in [1.165, 1.54) is 13.0 Å². The second kappa shape index (κ2) is 8.43. The predicted octanol–water partition coefficient (Wildman–Crippen LogP) is 2.83. The average molecular weight is 405 g/mol. The summed E-state index contributed by atoms with van der Waals surface area (Å²) in [5.74, 6) is -2.01. The van der Waals surface area contributed by atoms with E-state index in [-0.39, 0.29) is 17.9 Å². The van der Waals surface area contributed by atoms with Crippen molar-refractivity contribution in [2.75, 3.05) is 5.32 Å². The number of carbonyl (C=O) groups excluding carboxylic acids is 2. The van der Waals surface area contributed by atoms with Crippen molar-refractivity contribution in [3.05, 3.63) is 64.1 Å². The fourth-order valence-corrected chi connectivity index (χ4v) is 2.54. The molecule has 0 radical (unpaired) electrons. The van der Waals surface area contributed by atoms with Crippen LogP contribution >= 0.6 is 15.9 Å². The molecule has 0 spiro atoms. The summed E-state index contributed by atoms with van der Waals surface area (Å²) in [6.45, 7) is 1.34. The maximum atomic E-state index is 12.5. The van der Waals surface area contributed by atoms with Crippen LogP contribution in [0.2, 0.25) is 0 Å². The molecule has 0 aliphatic carbocycles. The number of rotatable bonds is 6. The number of amides is 2. The van der Waals surface area contributed by atoms with Gasteiger partial charge in [-0.3, -0.25) is 9.59 Å². The number of aliphatic carboxylic acids is 1. The van der Waals surface area contributed by atoms with Crippen LogP contribution in [-0.4, -0.2) is 28.9 Å². The summed E-state index contributed by atoms with van der Waals surface area (Å²) in [7, 11) is 0. The van der Waals surface area contributed by atoms with E-state index in [1.807, 2.05) is 12.1 Å². The van der Waals surface area contributed by atoms with Crippen molar-refractivity contribution in [1.29, 1.82) is 0 Å². The van der Waals surface area contributed by atoms with Gasteiger partial charge in [0.15, 0.2) is 0 Å². The van der Waals surface area contributed by atoms with Gasteiger partial charge >= 0.3 is 5.97 Å². The Morgan fingerprint density at radius 3 is 2.32 bits per heavy atom. The summed E-state index contributed by atoms with van der Waals surface area (Å²) in [6.07, 6.45) is 0.149. The molecule has 0 unspecified atom stereocenters. The van der Waals surface area contributed by atoms with Gasteiger partial charge in [0.25, 0.3) is 5.91 Å². The van der Waals surface area contributed by atoms with E-state index < -0.39 is 17.9 Å². The number of anilines is 1. The molecular formula is C18H17BrN2O4. The Kier molecular flexibility index (Phi) is 6.30. The number of carbonyl (C=O) groups is 3. The highest BCUT2D eigenvalue weighted by Crippen LogP contribution is 2.16. The SMILES string of the molecule is CC(=O)Nc1ccccc1C(=O)N[C@@H](Cc1ccc(Br)cc1)C(=O)O. The molecule has 2 amide bonds. The van der Waals surface area contributed by atoms with E-state index in [0.717, 1.165) is 10.0 Å². The van der Waals surface area contributed by atoms with Gasteiger partial charge in [-0.25, -0.2) is 4.79 Å². The first-order valence-electron chi connectivity index (χ1n) is 7.51. The van der Waals surface area contributed by atoms with Crippen molar-refractivity contribution in [2.24, 2.45) is 0 Å². The van der Waals surface area contributed by atoms with Gasteiger partial charge in [0.05, 0.1) is 11.3 Å². The van der Waals surface area contributed by atoms with Crippen molar-refractivity contribution in [3.8, 4) is 0 Å². The van der Waals surface area contributed by atoms with Crippen molar-refractivity contribution >= 4 is 39.4 Å². The van der Waals surface area contributed by atoms with Crippen molar-refractivity contribution in [2.45, 2.75) is 19.4 Å². The van der Waals surface area contributed by atoms with Crippen LogP contribution in [0.1, 0.15) is 22.8 Å². The summed E-state index contributed by atoms with van der Waals surface area (Å²) in [5.41, 5.74) is 1.33. The minimum Gasteiger partial charge on any atom is -0.480 e. The molecule has 1 atom stereocenters. The maximum Gasteiger partial charge on any atom is 0.326 e. The summed E-state index contributed by atoms with van der Waals surface area (Å²) in [4.78, 5) is 35.2. The number of carboxylic acids is 1. The normalized spacial score (nSPS) is 11.4. The first-order valence-corrected chi connectivity index (χ1v) is 8.31. The van der Waals surface area contributed by atoms with Crippen LogP contribution < -0.4 is 10.6 Å². The van der Waals surface area contributed by atoms with Gasteiger partial charge < -0.3 is 15.7 Å². The zero-order valence-electron chi connectivity index (χ0n) is 13.5. The van der Waals surface area contributed by atoms with Gasteiger partial charge in [-0.2, -0.15) is 0 Å². The van der Waals surface area contributed by atoms with Gasteiger partial charge in [0, 0.05) is 17.8 Å². The number of para-hydroxylation sites is 1. The number of carboxylic acid groups (broad SMARTS) is 1. The Balaban J connectivity index is 2.17. The molecule has 0 aliphatic rings. The van der Waals surface area contributed by atoms with Crippen LogP contribution in [0.3, 0.4) is 0 Å². The third kappa shape index (κ3) is 5.42. The molecule has 7 heteroatoms. The molecule has 3 N–H and O–H groups in total. The number of hydrogen-bond donors (Lipinski definition) is 3. The molecule has 0 saturated heterocycles. The maximum absolute atomic E-state index is 12.5. The van der Waals surface area contributed by atoms with Crippen molar-refractivity contribution in [1.82, 2.24) is 5.32 Å². The highest BCUT2D eigenvalue weighted by Gasteiger charge is 2.22. The number of hydrogen-bond acceptors (Lipinski definition) is 3. The highest BCUT2D eigenvalue weighted by atomic mass is 79.9. The number of benzene rings is 2. The standard InChI is InChI=1S/C18H17BrN2O4/c1-11(22)20-15-5-3-2-4-14(15)17(23)21-16(18(24)25)10-12-6-8-13(19)9-7-12/h2-9,16H,10H2,1H3,(H,20,22)(H,21,23)(H,24,25)/t16-/m0/s1. The monoisotopic (exact) mass is 404 g/mol. The van der Waals surface area contributed by atoms with Crippen LogP contribution in [0.25, 0.3) is 0 Å². The topological polar surface area (TPSA) is 95.5 Å². The molecule has 0 fully saturated rings. The molecular weight excluding hydrogens is 388 g/mol. The van der Waals surface area contributed by atoms with Gasteiger partial charge in [-0.05, 0) is 29.8 Å². The summed E-state index contributed by atoms with van der Waals surface area (Å²) < 4.78 is 0.886. The van der Waals surface area contributed by atoms with Crippen LogP contribution in [0, 0.1) is 0 Å². The minimum absolute atomic E-state index is 0.149. The smallest absolute Gasteiger partial charge is 0.326 e. The Labute approximate surface area is 153 Å². The lowest BCUT2D eigenvalue weighted by molar-refractivity contribution is -0.139. The quantitative estimate of drug-likeness (QED) is 0.689. The van der Waals surface area contributed by atoms with Crippen LogP contribution in [0.4, 0.5) is 5.69 Å². The number of nitrogens with one attached hydrogen (secondary N) is 2. The third-order valence-electron chi connectivity index (χ3n) is 3.44. The number of halogens is 1. The minimum atomic E-state index is -1.13. The lowest BCUT2D eigenvalue weighted by Crippen LogP contribution is -2.42. The molecule has 0 bridgehead atoms. The van der Waals surface area contributed by atoms with Gasteiger partial charge in [0.2, 0.25) is 5.91 Å². The van der Waals surface area contributed by atoms with E-state index >= 15 is 0 Å². The Morgan fingerprint density at radius 1 is 1.08 bits per heavy atom. The van der Waals surface area contributed by atoms with Crippen molar-refractivity contribution in [3.63, 3.8) is 0 Å². The van der Waals surface area contributed by atoms with Crippen LogP contribution in [0.15, 0.2) is 53.0 Å². The lowest BCUT2D eigenvalue weighted by Gasteiger charge is -2.16. The van der Waals surface area contributed by atoms with Crippen LogP contribution in [0.5, 0.6) is 0 Å². The third-order valence-corrected chi connectivity index (χ3v) is 3.97. The van der Waals surface area contributed by atoms with Gasteiger partial charge in [-0.1, -0.05) is 40.2 Å². The molecule has 2 rings (SSSR count). The average Bonchev–Trinajstić information content (AvgIpc) is 2.56. The molecule has 2 aromatic rings. The first kappa shape index (κ1) is 18.7. The van der Waals surface area contributed by atoms with E-state index in [4.69, 9.17) is 0 Å². The van der Waals surface area contributed by atoms with E-state index in [1.54, 1.807) is 30.3 Å². The predicted molar refractivity (Wildman–Crippen MR) is 97.5 cm³/mol. The Bertz CT molecular complexity index is 790. The molecule has 0 saturated carbocycles. The molecule has 0 heterocycles. The van der Waals surface area contributed by atoms with E-state index in [9.17, 15) is 19.5 Å². The molecule has 130 valence electrons. The molecule has 0 aliphatic heterocycles. The molecule has 2 aromatic carbocycles. The zero-order chi connectivity index (χ0) is 18.4. The Hall–Kier alpha value is -2.67. The molecule has 25 heavy (non-hydrogen) atoms. The summed E-state index contributed by atoms with van der Waals surface area (Å²) in [5, 5.41) is 14.5. The first-order chi connectivity index (χ1) is 11.9. The van der Waals surface area contributed by atoms with Gasteiger partial charge in [-0.15, -0.1) is 0 Å². The zero-order valence-corrected chi connectivity index (χ0v) is 15.0. The molecule has 0 aromatic heterocycles. The van der Waals surface area contributed by atoms with Crippen LogP contribution in [-0.2, 0) is 16.0 Å². The second-order valence-corrected chi connectivity index (χ2v) is 6.34. The van der Waals surface area contributed by atoms with Crippen molar-refractivity contribution < 1.29 is 19.5 Å². The van der Waals surface area contributed by atoms with E-state index in [2.05, 4.69) is 26.6 Å². The summed E-state index contributed by atoms with van der Waals surface area (Å²) in [6, 6.07) is 12.5. The fraction of sp³-hybridized carbons (Fsp3) is 0.167. The fourth-order valence-electron chi connectivity index (χ4n) is 2.27.